The Balaban J connectivity index is 3.87. The van der Waals surface area contributed by atoms with Gasteiger partial charge in [-0.1, -0.05) is 155 Å². The van der Waals surface area contributed by atoms with Gasteiger partial charge in [0.25, 0.3) is 0 Å². The number of ether oxygens (including phenoxy) is 3. The quantitative estimate of drug-likeness (QED) is 0.0459. The molecule has 0 saturated carbocycles. The fourth-order valence-corrected chi connectivity index (χ4v) is 5.05. The molecule has 0 spiro atoms. The maximum absolute atomic E-state index is 12.3. The van der Waals surface area contributed by atoms with Gasteiger partial charge in [0, 0.05) is 19.8 Å². The van der Waals surface area contributed by atoms with Crippen molar-refractivity contribution >= 4 is 17.9 Å². The van der Waals surface area contributed by atoms with Gasteiger partial charge in [0.15, 0.2) is 6.10 Å². The molecule has 0 aromatic carbocycles. The van der Waals surface area contributed by atoms with Crippen LogP contribution in [0.3, 0.4) is 0 Å². The number of hydrogen-bond acceptors (Lipinski definition) is 6. The van der Waals surface area contributed by atoms with Gasteiger partial charge in [0.05, 0.1) is 0 Å². The molecule has 0 fully saturated rings. The molecule has 0 aromatic rings. The van der Waals surface area contributed by atoms with E-state index in [1.54, 1.807) is 0 Å². The Labute approximate surface area is 253 Å². The number of hydrogen-bond donors (Lipinski definition) is 0. The largest absolute Gasteiger partial charge is 0.462 e. The third kappa shape index (κ3) is 31.2. The van der Waals surface area contributed by atoms with Crippen LogP contribution in [0.1, 0.15) is 188 Å². The highest BCUT2D eigenvalue weighted by Crippen LogP contribution is 2.14. The lowest BCUT2D eigenvalue weighted by molar-refractivity contribution is -0.166. The van der Waals surface area contributed by atoms with Crippen LogP contribution in [0.15, 0.2) is 0 Å². The molecule has 0 aliphatic heterocycles. The van der Waals surface area contributed by atoms with E-state index in [-0.39, 0.29) is 25.2 Å². The van der Waals surface area contributed by atoms with Crippen LogP contribution in [0.25, 0.3) is 0 Å². The molecule has 6 nitrogen and oxygen atoms in total. The number of carbonyl (C=O) groups is 3. The first-order valence-corrected chi connectivity index (χ1v) is 17.5. The minimum absolute atomic E-state index is 0.0748. The van der Waals surface area contributed by atoms with E-state index in [4.69, 9.17) is 14.2 Å². The Bertz CT molecular complexity index is 605. The topological polar surface area (TPSA) is 78.9 Å². The Morgan fingerprint density at radius 2 is 0.756 bits per heavy atom. The molecule has 41 heavy (non-hydrogen) atoms. The van der Waals surface area contributed by atoms with Gasteiger partial charge >= 0.3 is 17.9 Å². The summed E-state index contributed by atoms with van der Waals surface area (Å²) in [6.45, 7) is 5.64. The zero-order chi connectivity index (χ0) is 30.2. The van der Waals surface area contributed by atoms with Gasteiger partial charge in [-0.05, 0) is 12.8 Å². The van der Waals surface area contributed by atoms with E-state index < -0.39 is 12.1 Å². The summed E-state index contributed by atoms with van der Waals surface area (Å²) in [6, 6.07) is 0. The molecule has 0 saturated heterocycles. The smallest absolute Gasteiger partial charge is 0.306 e. The number of carbonyl (C=O) groups excluding carboxylic acids is 3. The summed E-state index contributed by atoms with van der Waals surface area (Å²) < 4.78 is 15.8. The second-order valence-corrected chi connectivity index (χ2v) is 11.9. The lowest BCUT2D eigenvalue weighted by Gasteiger charge is -2.18. The molecule has 0 aromatic heterocycles. The summed E-state index contributed by atoms with van der Waals surface area (Å²) in [4.78, 5) is 35.7. The minimum atomic E-state index is -0.755. The second kappa shape index (κ2) is 31.3. The molecule has 0 heterocycles. The molecular weight excluding hydrogens is 516 g/mol. The summed E-state index contributed by atoms with van der Waals surface area (Å²) in [5, 5.41) is 0. The lowest BCUT2D eigenvalue weighted by Crippen LogP contribution is -2.30. The van der Waals surface area contributed by atoms with E-state index in [2.05, 4.69) is 13.8 Å². The van der Waals surface area contributed by atoms with E-state index in [1.165, 1.54) is 122 Å². The van der Waals surface area contributed by atoms with Gasteiger partial charge in [-0.25, -0.2) is 0 Å². The number of rotatable bonds is 31. The van der Waals surface area contributed by atoms with Crippen LogP contribution in [-0.4, -0.2) is 37.2 Å². The predicted molar refractivity (Wildman–Crippen MR) is 169 cm³/mol. The lowest BCUT2D eigenvalue weighted by atomic mass is 10.0. The molecule has 0 N–H and O–H groups in total. The maximum atomic E-state index is 12.3. The Morgan fingerprint density at radius 3 is 1.12 bits per heavy atom. The van der Waals surface area contributed by atoms with Gasteiger partial charge in [0.1, 0.15) is 13.2 Å². The van der Waals surface area contributed by atoms with Crippen molar-refractivity contribution in [2.45, 2.75) is 194 Å². The maximum Gasteiger partial charge on any atom is 0.306 e. The highest BCUT2D eigenvalue weighted by Gasteiger charge is 2.18. The zero-order valence-electron chi connectivity index (χ0n) is 27.3. The zero-order valence-corrected chi connectivity index (χ0v) is 27.3. The SMILES string of the molecule is CCCCCCCCCCCCCCC(=O)OC[C@H](COC(C)=O)OC(=O)CCCCCCCCCCCCCC. The van der Waals surface area contributed by atoms with Crippen molar-refractivity contribution in [2.75, 3.05) is 13.2 Å². The van der Waals surface area contributed by atoms with Crippen molar-refractivity contribution in [3.63, 3.8) is 0 Å². The molecule has 1 atom stereocenters. The average molecular weight is 583 g/mol. The average Bonchev–Trinajstić information content (AvgIpc) is 2.95. The molecule has 0 bridgehead atoms. The van der Waals surface area contributed by atoms with Gasteiger partial charge in [-0.15, -0.1) is 0 Å². The third-order valence-corrected chi connectivity index (χ3v) is 7.67. The third-order valence-electron chi connectivity index (χ3n) is 7.67. The van der Waals surface area contributed by atoms with Crippen molar-refractivity contribution in [1.29, 1.82) is 0 Å². The van der Waals surface area contributed by atoms with E-state index in [9.17, 15) is 14.4 Å². The van der Waals surface area contributed by atoms with E-state index in [0.29, 0.717) is 12.8 Å². The van der Waals surface area contributed by atoms with Crippen LogP contribution in [-0.2, 0) is 28.6 Å². The fraction of sp³-hybridized carbons (Fsp3) is 0.914. The molecule has 0 aliphatic carbocycles. The Morgan fingerprint density at radius 1 is 0.439 bits per heavy atom. The van der Waals surface area contributed by atoms with Crippen LogP contribution < -0.4 is 0 Å². The van der Waals surface area contributed by atoms with Gasteiger partial charge in [0.2, 0.25) is 0 Å². The summed E-state index contributed by atoms with van der Waals surface area (Å²) in [5.41, 5.74) is 0. The summed E-state index contributed by atoms with van der Waals surface area (Å²) in [5.74, 6) is -1.07. The highest BCUT2D eigenvalue weighted by molar-refractivity contribution is 5.70. The van der Waals surface area contributed by atoms with Crippen molar-refractivity contribution in [1.82, 2.24) is 0 Å². The summed E-state index contributed by atoms with van der Waals surface area (Å²) in [6.07, 6.45) is 29.7. The molecule has 0 unspecified atom stereocenters. The second-order valence-electron chi connectivity index (χ2n) is 11.9. The Hall–Kier alpha value is -1.59. The van der Waals surface area contributed by atoms with Crippen molar-refractivity contribution in [2.24, 2.45) is 0 Å². The molecule has 0 radical (unpaired) electrons. The van der Waals surface area contributed by atoms with Crippen LogP contribution in [0, 0.1) is 0 Å². The molecule has 6 heteroatoms. The van der Waals surface area contributed by atoms with Crippen LogP contribution >= 0.6 is 0 Å². The minimum Gasteiger partial charge on any atom is -0.462 e. The van der Waals surface area contributed by atoms with Crippen molar-refractivity contribution in [3.05, 3.63) is 0 Å². The van der Waals surface area contributed by atoms with Gasteiger partial charge in [-0.2, -0.15) is 0 Å². The van der Waals surface area contributed by atoms with Crippen LogP contribution in [0.2, 0.25) is 0 Å². The van der Waals surface area contributed by atoms with Crippen molar-refractivity contribution in [3.8, 4) is 0 Å². The van der Waals surface area contributed by atoms with Gasteiger partial charge < -0.3 is 14.2 Å². The summed E-state index contributed by atoms with van der Waals surface area (Å²) in [7, 11) is 0. The fourth-order valence-electron chi connectivity index (χ4n) is 5.05. The van der Waals surface area contributed by atoms with Crippen LogP contribution in [0.5, 0.6) is 0 Å². The van der Waals surface area contributed by atoms with E-state index in [0.717, 1.165) is 38.5 Å². The molecule has 0 aliphatic rings. The molecule has 0 amide bonds. The first-order chi connectivity index (χ1) is 20.0. The number of esters is 3. The summed E-state index contributed by atoms with van der Waals surface area (Å²) >= 11 is 0. The first-order valence-electron chi connectivity index (χ1n) is 17.5. The molecule has 242 valence electrons. The van der Waals surface area contributed by atoms with E-state index >= 15 is 0 Å². The first kappa shape index (κ1) is 39.4. The normalized spacial score (nSPS) is 11.8. The monoisotopic (exact) mass is 582 g/mol. The Kier molecular flexibility index (Phi) is 30.1. The van der Waals surface area contributed by atoms with Crippen molar-refractivity contribution < 1.29 is 28.6 Å². The number of unbranched alkanes of at least 4 members (excludes halogenated alkanes) is 22. The molecule has 0 rings (SSSR count). The van der Waals surface area contributed by atoms with Gasteiger partial charge in [-0.3, -0.25) is 14.4 Å². The molecular formula is C35H66O6. The van der Waals surface area contributed by atoms with Crippen LogP contribution in [0.4, 0.5) is 0 Å². The predicted octanol–water partition coefficient (Wildman–Crippen LogP) is 10.2. The van der Waals surface area contributed by atoms with E-state index in [1.807, 2.05) is 0 Å². The highest BCUT2D eigenvalue weighted by atomic mass is 16.6. The standard InChI is InChI=1S/C35H66O6/c1-4-6-8-10-12-14-16-18-20-22-24-26-28-34(37)40-31-33(30-39-32(3)36)41-35(38)29-27-25-23-21-19-17-15-13-11-9-7-5-2/h33H,4-31H2,1-3H3/t33-/m0/s1.